The van der Waals surface area contributed by atoms with Crippen molar-refractivity contribution in [1.29, 1.82) is 0 Å². The van der Waals surface area contributed by atoms with Crippen LogP contribution in [0.3, 0.4) is 0 Å². The molecule has 0 aliphatic carbocycles. The summed E-state index contributed by atoms with van der Waals surface area (Å²) in [4.78, 5) is 4.46. The Bertz CT molecular complexity index is 626. The zero-order valence-corrected chi connectivity index (χ0v) is 13.0. The fourth-order valence-corrected chi connectivity index (χ4v) is 2.49. The second-order valence-corrected chi connectivity index (χ2v) is 5.29. The predicted molar refractivity (Wildman–Crippen MR) is 83.8 cm³/mol. The number of nitrogens with one attached hydrogen (secondary N) is 1. The SMILES string of the molecule is COc1c(C)cnc(CNc2ccc(C)cc2Cl)c1C. The first kappa shape index (κ1) is 14.7. The lowest BCUT2D eigenvalue weighted by molar-refractivity contribution is 0.407. The summed E-state index contributed by atoms with van der Waals surface area (Å²) in [6.45, 7) is 6.65. The molecule has 1 heterocycles. The van der Waals surface area contributed by atoms with Crippen molar-refractivity contribution in [2.24, 2.45) is 0 Å². The Morgan fingerprint density at radius 3 is 2.65 bits per heavy atom. The predicted octanol–water partition coefficient (Wildman–Crippen LogP) is 4.28. The number of benzene rings is 1. The molecule has 20 heavy (non-hydrogen) atoms. The summed E-state index contributed by atoms with van der Waals surface area (Å²) in [6, 6.07) is 5.96. The highest BCUT2D eigenvalue weighted by molar-refractivity contribution is 6.33. The van der Waals surface area contributed by atoms with Crippen molar-refractivity contribution >= 4 is 17.3 Å². The molecule has 0 spiro atoms. The summed E-state index contributed by atoms with van der Waals surface area (Å²) in [5.74, 6) is 0.895. The number of aryl methyl sites for hydroxylation is 2. The van der Waals surface area contributed by atoms with E-state index in [1.54, 1.807) is 7.11 Å². The summed E-state index contributed by atoms with van der Waals surface area (Å²) in [7, 11) is 1.68. The monoisotopic (exact) mass is 290 g/mol. The number of aromatic nitrogens is 1. The van der Waals surface area contributed by atoms with Gasteiger partial charge in [0.2, 0.25) is 0 Å². The van der Waals surface area contributed by atoms with Gasteiger partial charge in [-0.3, -0.25) is 4.98 Å². The fourth-order valence-electron chi connectivity index (χ4n) is 2.19. The van der Waals surface area contributed by atoms with Crippen LogP contribution in [-0.2, 0) is 6.54 Å². The van der Waals surface area contributed by atoms with Crippen LogP contribution < -0.4 is 10.1 Å². The topological polar surface area (TPSA) is 34.1 Å². The normalized spacial score (nSPS) is 10.4. The minimum atomic E-state index is 0.616. The molecule has 0 amide bonds. The smallest absolute Gasteiger partial charge is 0.128 e. The van der Waals surface area contributed by atoms with Gasteiger partial charge >= 0.3 is 0 Å². The van der Waals surface area contributed by atoms with Gasteiger partial charge in [-0.15, -0.1) is 0 Å². The van der Waals surface area contributed by atoms with Crippen molar-refractivity contribution in [2.45, 2.75) is 27.3 Å². The second kappa shape index (κ2) is 6.14. The first-order valence-electron chi connectivity index (χ1n) is 6.52. The largest absolute Gasteiger partial charge is 0.496 e. The van der Waals surface area contributed by atoms with E-state index in [1.807, 2.05) is 45.2 Å². The zero-order chi connectivity index (χ0) is 14.7. The number of methoxy groups -OCH3 is 1. The molecule has 3 nitrogen and oxygen atoms in total. The minimum Gasteiger partial charge on any atom is -0.496 e. The molecule has 0 unspecified atom stereocenters. The van der Waals surface area contributed by atoms with Crippen LogP contribution in [0, 0.1) is 20.8 Å². The highest BCUT2D eigenvalue weighted by atomic mass is 35.5. The van der Waals surface area contributed by atoms with Crippen LogP contribution in [0.15, 0.2) is 24.4 Å². The van der Waals surface area contributed by atoms with Crippen molar-refractivity contribution in [3.63, 3.8) is 0 Å². The summed E-state index contributed by atoms with van der Waals surface area (Å²) in [5.41, 5.74) is 5.12. The lowest BCUT2D eigenvalue weighted by Gasteiger charge is -2.14. The molecular weight excluding hydrogens is 272 g/mol. The van der Waals surface area contributed by atoms with E-state index in [1.165, 1.54) is 0 Å². The molecule has 106 valence electrons. The molecule has 0 bridgehead atoms. The third-order valence-corrected chi connectivity index (χ3v) is 3.63. The van der Waals surface area contributed by atoms with Crippen molar-refractivity contribution in [2.75, 3.05) is 12.4 Å². The van der Waals surface area contributed by atoms with E-state index in [9.17, 15) is 0 Å². The molecule has 0 saturated heterocycles. The lowest BCUT2D eigenvalue weighted by Crippen LogP contribution is -2.06. The Morgan fingerprint density at radius 2 is 2.00 bits per heavy atom. The second-order valence-electron chi connectivity index (χ2n) is 4.88. The number of anilines is 1. The molecule has 0 aliphatic heterocycles. The maximum Gasteiger partial charge on any atom is 0.128 e. The highest BCUT2D eigenvalue weighted by Crippen LogP contribution is 2.26. The van der Waals surface area contributed by atoms with Crippen molar-refractivity contribution in [1.82, 2.24) is 4.98 Å². The zero-order valence-electron chi connectivity index (χ0n) is 12.2. The first-order valence-corrected chi connectivity index (χ1v) is 6.89. The highest BCUT2D eigenvalue weighted by Gasteiger charge is 2.09. The molecule has 4 heteroatoms. The van der Waals surface area contributed by atoms with E-state index in [-0.39, 0.29) is 0 Å². The number of rotatable bonds is 4. The van der Waals surface area contributed by atoms with E-state index in [0.717, 1.165) is 38.8 Å². The first-order chi connectivity index (χ1) is 9.52. The maximum atomic E-state index is 6.21. The van der Waals surface area contributed by atoms with Gasteiger partial charge in [-0.2, -0.15) is 0 Å². The standard InChI is InChI=1S/C16H19ClN2O/c1-10-5-6-14(13(17)7-10)19-9-15-12(3)16(20-4)11(2)8-18-15/h5-8,19H,9H2,1-4H3. The number of hydrogen-bond donors (Lipinski definition) is 1. The summed E-state index contributed by atoms with van der Waals surface area (Å²) < 4.78 is 5.41. The molecule has 0 radical (unpaired) electrons. The Hall–Kier alpha value is -1.74. The van der Waals surface area contributed by atoms with Gasteiger partial charge in [-0.05, 0) is 38.5 Å². The molecule has 0 saturated carbocycles. The van der Waals surface area contributed by atoms with Gasteiger partial charge in [0, 0.05) is 17.3 Å². The Kier molecular flexibility index (Phi) is 4.50. The quantitative estimate of drug-likeness (QED) is 0.912. The molecule has 1 aromatic carbocycles. The van der Waals surface area contributed by atoms with E-state index in [4.69, 9.17) is 16.3 Å². The van der Waals surface area contributed by atoms with Gasteiger partial charge in [0.1, 0.15) is 5.75 Å². The van der Waals surface area contributed by atoms with Crippen molar-refractivity contribution in [3.05, 3.63) is 51.8 Å². The Balaban J connectivity index is 2.19. The average Bonchev–Trinajstić information content (AvgIpc) is 2.40. The van der Waals surface area contributed by atoms with E-state index >= 15 is 0 Å². The average molecular weight is 291 g/mol. The number of halogens is 1. The maximum absolute atomic E-state index is 6.21. The summed E-state index contributed by atoms with van der Waals surface area (Å²) >= 11 is 6.21. The van der Waals surface area contributed by atoms with Crippen LogP contribution in [-0.4, -0.2) is 12.1 Å². The van der Waals surface area contributed by atoms with Crippen LogP contribution in [0.1, 0.15) is 22.4 Å². The van der Waals surface area contributed by atoms with Gasteiger partial charge in [0.25, 0.3) is 0 Å². The van der Waals surface area contributed by atoms with Crippen LogP contribution in [0.25, 0.3) is 0 Å². The summed E-state index contributed by atoms with van der Waals surface area (Å²) in [5, 5.41) is 4.04. The van der Waals surface area contributed by atoms with E-state index in [2.05, 4.69) is 10.3 Å². The van der Waals surface area contributed by atoms with Crippen LogP contribution in [0.4, 0.5) is 5.69 Å². The lowest BCUT2D eigenvalue weighted by atomic mass is 10.1. The summed E-state index contributed by atoms with van der Waals surface area (Å²) in [6.07, 6.45) is 1.83. The third kappa shape index (κ3) is 3.05. The number of pyridine rings is 1. The van der Waals surface area contributed by atoms with Crippen LogP contribution >= 0.6 is 11.6 Å². The van der Waals surface area contributed by atoms with Crippen molar-refractivity contribution < 1.29 is 4.74 Å². The Labute approximate surface area is 124 Å². The number of nitrogens with zero attached hydrogens (tertiary/aromatic N) is 1. The van der Waals surface area contributed by atoms with E-state index in [0.29, 0.717) is 6.54 Å². The van der Waals surface area contributed by atoms with Gasteiger partial charge in [0.05, 0.1) is 30.1 Å². The van der Waals surface area contributed by atoms with Gasteiger partial charge in [0.15, 0.2) is 0 Å². The molecule has 1 aromatic heterocycles. The molecule has 2 aromatic rings. The minimum absolute atomic E-state index is 0.616. The molecule has 0 aliphatic rings. The van der Waals surface area contributed by atoms with E-state index < -0.39 is 0 Å². The molecular formula is C16H19ClN2O. The number of ether oxygens (including phenoxy) is 1. The molecule has 0 atom stereocenters. The van der Waals surface area contributed by atoms with Gasteiger partial charge < -0.3 is 10.1 Å². The van der Waals surface area contributed by atoms with Crippen LogP contribution in [0.5, 0.6) is 5.75 Å². The van der Waals surface area contributed by atoms with Gasteiger partial charge in [-0.25, -0.2) is 0 Å². The number of hydrogen-bond acceptors (Lipinski definition) is 3. The molecule has 2 rings (SSSR count). The van der Waals surface area contributed by atoms with Crippen LogP contribution in [0.2, 0.25) is 5.02 Å². The third-order valence-electron chi connectivity index (χ3n) is 3.32. The Morgan fingerprint density at radius 1 is 1.25 bits per heavy atom. The molecule has 1 N–H and O–H groups in total. The van der Waals surface area contributed by atoms with Gasteiger partial charge in [-0.1, -0.05) is 17.7 Å². The fraction of sp³-hybridized carbons (Fsp3) is 0.312. The molecule has 0 fully saturated rings. The van der Waals surface area contributed by atoms with Crippen molar-refractivity contribution in [3.8, 4) is 5.75 Å².